The van der Waals surface area contributed by atoms with Gasteiger partial charge in [-0.15, -0.1) is 0 Å². The first-order valence-electron chi connectivity index (χ1n) is 16.7. The van der Waals surface area contributed by atoms with Crippen LogP contribution < -0.4 is 16.4 Å². The lowest BCUT2D eigenvalue weighted by molar-refractivity contribution is -0.120. The largest absolute Gasteiger partial charge is 0.439 e. The SMILES string of the molecule is CO[C@H]1/C=C\C=C(/C)C(=O)NC2=CC(=O)C(NC(=O)c3cc(C(C)(C)C)nn3C)=C(C[C@@H](C)C[C@H](OC)[C@H](O)[C@@H](C)/C=C(\C)[C@@H]1OC(N)=O)C2=O. The summed E-state index contributed by atoms with van der Waals surface area (Å²) in [7, 11) is 4.48. The van der Waals surface area contributed by atoms with Crippen LogP contribution in [0.4, 0.5) is 4.79 Å². The first-order valence-corrected chi connectivity index (χ1v) is 16.7. The van der Waals surface area contributed by atoms with Crippen LogP contribution in [0.2, 0.25) is 0 Å². The van der Waals surface area contributed by atoms with Gasteiger partial charge in [0.05, 0.1) is 29.3 Å². The Hall–Kier alpha value is -4.66. The van der Waals surface area contributed by atoms with Gasteiger partial charge < -0.3 is 35.7 Å². The molecule has 0 aromatic carbocycles. The Bertz CT molecular complexity index is 1690. The molecule has 278 valence electrons. The van der Waals surface area contributed by atoms with E-state index >= 15 is 0 Å². The Labute approximate surface area is 298 Å². The van der Waals surface area contributed by atoms with Gasteiger partial charge in [0.2, 0.25) is 11.6 Å². The fourth-order valence-corrected chi connectivity index (χ4v) is 5.95. The summed E-state index contributed by atoms with van der Waals surface area (Å²) in [4.78, 5) is 66.2. The number of amides is 3. The summed E-state index contributed by atoms with van der Waals surface area (Å²) in [6, 6.07) is 1.63. The van der Waals surface area contributed by atoms with E-state index in [1.54, 1.807) is 39.1 Å². The molecule has 5 N–H and O–H groups in total. The van der Waals surface area contributed by atoms with Gasteiger partial charge in [0, 0.05) is 49.8 Å². The molecule has 2 aliphatic rings. The number of Topliss-reactive ketones (excluding diaryl/α,β-unsaturated/α-hetero) is 1. The summed E-state index contributed by atoms with van der Waals surface area (Å²) in [6.45, 7) is 12.7. The molecule has 0 fully saturated rings. The number of ether oxygens (including phenoxy) is 3. The van der Waals surface area contributed by atoms with Crippen molar-refractivity contribution in [2.24, 2.45) is 24.6 Å². The van der Waals surface area contributed by atoms with Crippen molar-refractivity contribution in [3.05, 3.63) is 75.9 Å². The number of nitrogens with one attached hydrogen (secondary N) is 2. The molecule has 3 rings (SSSR count). The molecule has 0 spiro atoms. The Morgan fingerprint density at radius 3 is 2.35 bits per heavy atom. The van der Waals surface area contributed by atoms with Gasteiger partial charge >= 0.3 is 6.09 Å². The minimum Gasteiger partial charge on any atom is -0.439 e. The van der Waals surface area contributed by atoms with Crippen molar-refractivity contribution in [3.63, 3.8) is 0 Å². The highest BCUT2D eigenvalue weighted by Crippen LogP contribution is 2.29. The first-order chi connectivity index (χ1) is 23.8. The van der Waals surface area contributed by atoms with E-state index in [9.17, 15) is 29.1 Å². The standard InChI is InChI=1S/C37H51N5O9/c1-19-14-23-30(40-35(47)25-18-29(37(5,6)7)41-42(25)8)26(43)17-24(32(23)45)39-34(46)20(2)12-11-13-27(49-9)33(51-36(38)48)22(4)16-21(3)31(44)28(15-19)50-10/h11-13,16-19,21,27-28,31,33,44H,14-15H2,1-10H3,(H2,38,48)(H,39,46)(H,40,47)/b13-11-,20-12+,22-16+/t19-,21+,27+,28+,31-,33+/m1/s1. The molecule has 2 heterocycles. The molecule has 0 saturated heterocycles. The number of nitrogens with zero attached hydrogens (tertiary/aromatic N) is 2. The van der Waals surface area contributed by atoms with Crippen LogP contribution in [0.25, 0.3) is 0 Å². The van der Waals surface area contributed by atoms with Gasteiger partial charge in [0.1, 0.15) is 11.8 Å². The van der Waals surface area contributed by atoms with Gasteiger partial charge in [0.25, 0.3) is 11.8 Å². The molecule has 1 aliphatic carbocycles. The van der Waals surface area contributed by atoms with E-state index in [1.807, 2.05) is 27.7 Å². The zero-order valence-corrected chi connectivity index (χ0v) is 31.0. The molecule has 0 radical (unpaired) electrons. The highest BCUT2D eigenvalue weighted by atomic mass is 16.6. The predicted molar refractivity (Wildman–Crippen MR) is 189 cm³/mol. The van der Waals surface area contributed by atoms with E-state index < -0.39 is 59.8 Å². The first kappa shape index (κ1) is 40.8. The fraction of sp³-hybridized carbons (Fsp3) is 0.514. The van der Waals surface area contributed by atoms with Gasteiger partial charge in [-0.2, -0.15) is 5.10 Å². The number of carbonyl (C=O) groups is 5. The molecule has 0 saturated carbocycles. The maximum absolute atomic E-state index is 14.0. The third kappa shape index (κ3) is 10.2. The van der Waals surface area contributed by atoms with Crippen LogP contribution in [-0.2, 0) is 41.1 Å². The van der Waals surface area contributed by atoms with Gasteiger partial charge in [0.15, 0.2) is 6.10 Å². The summed E-state index contributed by atoms with van der Waals surface area (Å²) >= 11 is 0. The van der Waals surface area contributed by atoms with Crippen LogP contribution in [0.5, 0.6) is 0 Å². The molecule has 51 heavy (non-hydrogen) atoms. The molecule has 0 unspecified atom stereocenters. The molecule has 3 amide bonds. The lowest BCUT2D eigenvalue weighted by Gasteiger charge is -2.30. The van der Waals surface area contributed by atoms with Gasteiger partial charge in [-0.3, -0.25) is 23.9 Å². The Morgan fingerprint density at radius 1 is 1.12 bits per heavy atom. The third-order valence-electron chi connectivity index (χ3n) is 8.91. The summed E-state index contributed by atoms with van der Waals surface area (Å²) in [5.41, 5.74) is 6.16. The fourth-order valence-electron chi connectivity index (χ4n) is 5.95. The number of aliphatic hydroxyl groups is 1. The van der Waals surface area contributed by atoms with Crippen molar-refractivity contribution in [2.75, 3.05) is 14.2 Å². The second kappa shape index (κ2) is 17.0. The Kier molecular flexibility index (Phi) is 13.6. The molecule has 2 bridgehead atoms. The molecule has 14 heteroatoms. The number of hydrogen-bond donors (Lipinski definition) is 4. The number of rotatable bonds is 5. The molecule has 14 nitrogen and oxygen atoms in total. The summed E-state index contributed by atoms with van der Waals surface area (Å²) in [5, 5.41) is 21.0. The molecule has 1 aromatic rings. The second-order valence-electron chi connectivity index (χ2n) is 14.2. The molecule has 1 aliphatic heterocycles. The van der Waals surface area contributed by atoms with Crippen LogP contribution in [-0.4, -0.2) is 83.0 Å². The lowest BCUT2D eigenvalue weighted by atomic mass is 9.85. The number of methoxy groups -OCH3 is 2. The van der Waals surface area contributed by atoms with E-state index in [0.29, 0.717) is 11.3 Å². The van der Waals surface area contributed by atoms with E-state index in [-0.39, 0.29) is 52.4 Å². The van der Waals surface area contributed by atoms with Crippen molar-refractivity contribution < 1.29 is 43.3 Å². The lowest BCUT2D eigenvalue weighted by Crippen LogP contribution is -2.39. The molecule has 1 aromatic heterocycles. The number of aliphatic hydroxyl groups excluding tert-OH is 1. The van der Waals surface area contributed by atoms with Crippen LogP contribution in [0.1, 0.15) is 77.5 Å². The van der Waals surface area contributed by atoms with E-state index in [2.05, 4.69) is 15.7 Å². The van der Waals surface area contributed by atoms with E-state index in [0.717, 1.165) is 6.08 Å². The molecular formula is C37H51N5O9. The zero-order valence-electron chi connectivity index (χ0n) is 31.0. The number of fused-ring (bicyclic) bond motifs is 2. The van der Waals surface area contributed by atoms with Crippen molar-refractivity contribution in [3.8, 4) is 0 Å². The van der Waals surface area contributed by atoms with Crippen LogP contribution in [0, 0.1) is 11.8 Å². The number of allylic oxidation sites excluding steroid dienone is 4. The normalized spacial score (nSPS) is 28.5. The summed E-state index contributed by atoms with van der Waals surface area (Å²) < 4.78 is 18.1. The molecule has 6 atom stereocenters. The minimum absolute atomic E-state index is 0.00109. The van der Waals surface area contributed by atoms with Crippen LogP contribution >= 0.6 is 0 Å². The average molecular weight is 710 g/mol. The van der Waals surface area contributed by atoms with Crippen molar-refractivity contribution >= 4 is 29.5 Å². The number of hydrogen-bond acceptors (Lipinski definition) is 10. The number of aromatic nitrogens is 2. The van der Waals surface area contributed by atoms with E-state index in [4.69, 9.17) is 19.9 Å². The zero-order chi connectivity index (χ0) is 38.4. The summed E-state index contributed by atoms with van der Waals surface area (Å²) in [6.07, 6.45) is 2.95. The maximum atomic E-state index is 14.0. The number of primary amides is 1. The quantitative estimate of drug-likeness (QED) is 0.260. The van der Waals surface area contributed by atoms with Gasteiger partial charge in [-0.05, 0) is 44.2 Å². The average Bonchev–Trinajstić information content (AvgIpc) is 3.46. The maximum Gasteiger partial charge on any atom is 0.405 e. The van der Waals surface area contributed by atoms with Crippen molar-refractivity contribution in [2.45, 2.75) is 91.1 Å². The molecular weight excluding hydrogens is 658 g/mol. The van der Waals surface area contributed by atoms with Gasteiger partial charge in [-0.25, -0.2) is 4.79 Å². The second-order valence-corrected chi connectivity index (χ2v) is 14.2. The highest BCUT2D eigenvalue weighted by molar-refractivity contribution is 6.24. The topological polar surface area (TPSA) is 201 Å². The number of aryl methyl sites for hydroxylation is 1. The van der Waals surface area contributed by atoms with Crippen molar-refractivity contribution in [1.29, 1.82) is 0 Å². The van der Waals surface area contributed by atoms with E-state index in [1.165, 1.54) is 38.0 Å². The minimum atomic E-state index is -1.04. The smallest absolute Gasteiger partial charge is 0.405 e. The monoisotopic (exact) mass is 709 g/mol. The highest BCUT2D eigenvalue weighted by Gasteiger charge is 2.35. The predicted octanol–water partition coefficient (Wildman–Crippen LogP) is 3.22. The number of ketones is 2. The van der Waals surface area contributed by atoms with Gasteiger partial charge in [-0.1, -0.05) is 58.9 Å². The number of nitrogens with two attached hydrogens (primary N) is 1. The third-order valence-corrected chi connectivity index (χ3v) is 8.91. The summed E-state index contributed by atoms with van der Waals surface area (Å²) in [5.74, 6) is -3.47. The Balaban J connectivity index is 2.11. The number of carbonyl (C=O) groups excluding carboxylic acids is 5. The van der Waals surface area contributed by atoms with Crippen LogP contribution in [0.15, 0.2) is 64.6 Å². The Morgan fingerprint density at radius 2 is 1.78 bits per heavy atom. The van der Waals surface area contributed by atoms with Crippen molar-refractivity contribution in [1.82, 2.24) is 20.4 Å². The van der Waals surface area contributed by atoms with Crippen LogP contribution in [0.3, 0.4) is 0 Å².